The number of benzene rings is 10. The van der Waals surface area contributed by atoms with E-state index in [1.54, 1.807) is 0 Å². The van der Waals surface area contributed by atoms with Crippen molar-refractivity contribution in [1.29, 1.82) is 0 Å². The van der Waals surface area contributed by atoms with Crippen molar-refractivity contribution in [3.8, 4) is 56.3 Å². The van der Waals surface area contributed by atoms with Gasteiger partial charge in [-0.1, -0.05) is 285 Å². The molecule has 10 aromatic carbocycles. The van der Waals surface area contributed by atoms with E-state index < -0.39 is 0 Å². The van der Waals surface area contributed by atoms with Crippen LogP contribution in [0, 0.1) is 18.5 Å². The smallest absolute Gasteiger partial charge is 0.268 e. The Morgan fingerprint density at radius 1 is 0.495 bits per heavy atom. The summed E-state index contributed by atoms with van der Waals surface area (Å²) in [5, 5.41) is 2.00. The third kappa shape index (κ3) is 10.6. The van der Waals surface area contributed by atoms with Crippen LogP contribution in [0.2, 0.25) is 0 Å². The van der Waals surface area contributed by atoms with Crippen molar-refractivity contribution in [1.82, 2.24) is 4.57 Å². The van der Waals surface area contributed by atoms with Gasteiger partial charge in [0.15, 0.2) is 0 Å². The van der Waals surface area contributed by atoms with E-state index in [1.165, 1.54) is 55.6 Å². The molecule has 5 nitrogen and oxygen atoms in total. The van der Waals surface area contributed by atoms with Gasteiger partial charge in [-0.25, -0.2) is 0 Å². The van der Waals surface area contributed by atoms with E-state index in [-0.39, 0.29) is 64.9 Å². The number of hydrogen-bond donors (Lipinski definition) is 0. The number of ether oxygens (including phenoxy) is 1. The fourth-order valence-corrected chi connectivity index (χ4v) is 17.3. The largest absolute Gasteiger partial charge is 0.519 e. The SMILES string of the molecule is CC(C)(C)c1cc(Oc2[c-]c(-[n+]3[c-]n(-c4c(-c5ccccc5)cccc4-c4ccccc4)c4ccccc43)c3oc4c5c(ccc4c3c2)C(C)(C)CCC5(C)C)[c-]c(C2=Nc3ccc4c(c3C2c2ccc3c(c2-c2ccccc2)C(C)(C)CCC3(C)C)C(C)(C)CCC4(C)C)c1.[Pt]. The van der Waals surface area contributed by atoms with Crippen molar-refractivity contribution in [3.63, 3.8) is 0 Å². The van der Waals surface area contributed by atoms with Crippen LogP contribution < -0.4 is 9.30 Å². The molecule has 4 aliphatic rings. The molecule has 0 amide bonds. The molecule has 0 bridgehead atoms. The van der Waals surface area contributed by atoms with Gasteiger partial charge in [0.1, 0.15) is 5.58 Å². The summed E-state index contributed by atoms with van der Waals surface area (Å²) < 4.78 is 19.6. The van der Waals surface area contributed by atoms with Crippen LogP contribution in [0.15, 0.2) is 197 Å². The standard InChI is InChI=1S/C91H89N3O2.Pt/c1-85(2,3)60-50-59(81-76(77-71(92-81)43-42-69-79(77)90(12,13)48-45-87(69,6)7)66-39-41-68-78(75(66)58-32-23-18-24-33-58)89(10,11)47-44-86(68,4)5)51-61(52-60)95-62-53-67-65-38-40-70-80(91(14,15)49-46-88(70,8)9)84(65)96-83(67)74(54-62)93-55-94(73-37-26-25-36-72(73)93)82-63(56-28-19-16-20-29-56)34-27-35-64(82)57-30-21-17-22-31-57;/h16-43,50,52-53,76H,44-49H2,1-15H3;/q-2;. The summed E-state index contributed by atoms with van der Waals surface area (Å²) in [7, 11) is 0. The summed E-state index contributed by atoms with van der Waals surface area (Å²) in [6.45, 7) is 36.2. The van der Waals surface area contributed by atoms with E-state index in [9.17, 15) is 0 Å². The number of para-hydroxylation sites is 3. The molecule has 1 aliphatic heterocycles. The van der Waals surface area contributed by atoms with Gasteiger partial charge in [0, 0.05) is 55.0 Å². The molecule has 16 rings (SSSR count). The van der Waals surface area contributed by atoms with Crippen LogP contribution in [0.1, 0.15) is 204 Å². The van der Waals surface area contributed by atoms with Crippen LogP contribution in [0.4, 0.5) is 5.69 Å². The molecule has 0 fully saturated rings. The Morgan fingerprint density at radius 3 is 1.63 bits per heavy atom. The van der Waals surface area contributed by atoms with Gasteiger partial charge in [0.2, 0.25) is 0 Å². The maximum atomic E-state index is 7.59. The van der Waals surface area contributed by atoms with Crippen molar-refractivity contribution < 1.29 is 34.8 Å². The normalized spacial score (nSPS) is 18.4. The van der Waals surface area contributed by atoms with Crippen LogP contribution in [-0.2, 0) is 59.0 Å². The van der Waals surface area contributed by atoms with E-state index >= 15 is 0 Å². The van der Waals surface area contributed by atoms with Crippen molar-refractivity contribution in [3.05, 3.63) is 262 Å². The summed E-state index contributed by atoms with van der Waals surface area (Å²) >= 11 is 0. The van der Waals surface area contributed by atoms with Gasteiger partial charge in [0.25, 0.3) is 6.33 Å². The second-order valence-corrected chi connectivity index (χ2v) is 33.4. The van der Waals surface area contributed by atoms with Crippen LogP contribution >= 0.6 is 0 Å². The van der Waals surface area contributed by atoms with Gasteiger partial charge < -0.3 is 13.7 Å². The molecule has 6 heteroatoms. The summed E-state index contributed by atoms with van der Waals surface area (Å²) in [6.07, 6.45) is 10.6. The first-order valence-corrected chi connectivity index (χ1v) is 35.1. The molecule has 2 aromatic heterocycles. The Labute approximate surface area is 589 Å². The van der Waals surface area contributed by atoms with Crippen molar-refractivity contribution >= 4 is 44.4 Å². The zero-order chi connectivity index (χ0) is 66.8. The minimum absolute atomic E-state index is 0. The quantitative estimate of drug-likeness (QED) is 0.107. The molecule has 0 spiro atoms. The van der Waals surface area contributed by atoms with Crippen LogP contribution in [0.3, 0.4) is 0 Å². The Kier molecular flexibility index (Phi) is 15.2. The van der Waals surface area contributed by atoms with E-state index in [1.807, 2.05) is 0 Å². The molecule has 97 heavy (non-hydrogen) atoms. The van der Waals surface area contributed by atoms with E-state index in [4.69, 9.17) is 14.1 Å². The number of hydrogen-bond acceptors (Lipinski definition) is 3. The van der Waals surface area contributed by atoms with Crippen molar-refractivity contribution in [2.45, 2.75) is 186 Å². The van der Waals surface area contributed by atoms with Crippen molar-refractivity contribution in [2.75, 3.05) is 0 Å². The number of rotatable bonds is 9. The summed E-state index contributed by atoms with van der Waals surface area (Å²) in [5.41, 5.74) is 26.9. The zero-order valence-electron chi connectivity index (χ0n) is 59.2. The third-order valence-corrected chi connectivity index (χ3v) is 23.0. The summed E-state index contributed by atoms with van der Waals surface area (Å²) in [4.78, 5) is 5.97. The van der Waals surface area contributed by atoms with Gasteiger partial charge >= 0.3 is 0 Å². The molecule has 0 N–H and O–H groups in total. The fourth-order valence-electron chi connectivity index (χ4n) is 17.3. The Balaban J connectivity index is 0.00000770. The first-order chi connectivity index (χ1) is 45.7. The molecule has 3 heterocycles. The monoisotopic (exact) mass is 1450 g/mol. The predicted octanol–water partition coefficient (Wildman–Crippen LogP) is 23.6. The van der Waals surface area contributed by atoms with Gasteiger partial charge in [-0.15, -0.1) is 29.3 Å². The van der Waals surface area contributed by atoms with Crippen LogP contribution in [-0.4, -0.2) is 10.3 Å². The first kappa shape index (κ1) is 64.6. The maximum Gasteiger partial charge on any atom is 0.268 e. The average molecular weight is 1450 g/mol. The van der Waals surface area contributed by atoms with Crippen LogP contribution in [0.5, 0.6) is 11.5 Å². The maximum absolute atomic E-state index is 7.59. The molecule has 3 aliphatic carbocycles. The average Bonchev–Trinajstić information content (AvgIpc) is 1.67. The van der Waals surface area contributed by atoms with Crippen LogP contribution in [0.25, 0.3) is 77.7 Å². The van der Waals surface area contributed by atoms with Gasteiger partial charge in [-0.05, 0) is 166 Å². The number of imidazole rings is 1. The van der Waals surface area contributed by atoms with Crippen molar-refractivity contribution in [2.24, 2.45) is 4.99 Å². The molecular formula is C91H89N3O2Pt-2. The molecule has 0 saturated heterocycles. The minimum Gasteiger partial charge on any atom is -0.519 e. The van der Waals surface area contributed by atoms with E-state index in [2.05, 4.69) is 320 Å². The zero-order valence-corrected chi connectivity index (χ0v) is 61.5. The number of furan rings is 1. The molecule has 12 aromatic rings. The third-order valence-electron chi connectivity index (χ3n) is 23.0. The molecule has 1 atom stereocenters. The number of aliphatic imine (C=N–C) groups is 1. The summed E-state index contributed by atoms with van der Waals surface area (Å²) in [6, 6.07) is 77.1. The molecule has 492 valence electrons. The molecule has 1 unspecified atom stereocenters. The minimum atomic E-state index is -0.286. The second kappa shape index (κ2) is 22.9. The van der Waals surface area contributed by atoms with E-state index in [0.29, 0.717) is 17.2 Å². The molecule has 0 radical (unpaired) electrons. The Hall–Kier alpha value is -8.37. The fraction of sp³-hybridized carbons (Fsp3) is 0.319. The van der Waals surface area contributed by atoms with E-state index in [0.717, 1.165) is 122 Å². The molecular weight excluding hydrogens is 1360 g/mol. The predicted molar refractivity (Wildman–Crippen MR) is 397 cm³/mol. The number of fused-ring (bicyclic) bond motifs is 10. The van der Waals surface area contributed by atoms with Gasteiger partial charge in [0.05, 0.1) is 22.4 Å². The van der Waals surface area contributed by atoms with Gasteiger partial charge in [-0.3, -0.25) is 9.56 Å². The van der Waals surface area contributed by atoms with Gasteiger partial charge in [-0.2, -0.15) is 0 Å². The molecule has 0 saturated carbocycles. The first-order valence-electron chi connectivity index (χ1n) is 35.1. The number of nitrogens with zero attached hydrogens (tertiary/aromatic N) is 3. The summed E-state index contributed by atoms with van der Waals surface area (Å²) in [5.74, 6) is 0.940. The Morgan fingerprint density at radius 2 is 1.01 bits per heavy atom. The topological polar surface area (TPSA) is 43.5 Å². The Bertz CT molecular complexity index is 5120. The second-order valence-electron chi connectivity index (χ2n) is 33.4. The number of aromatic nitrogens is 2.